The SMILES string of the molecule is CC1CC(C)C(C2CC3CCCCC3C2)C(C)C1. The molecule has 0 aromatic carbocycles. The van der Waals surface area contributed by atoms with Crippen LogP contribution >= 0.6 is 0 Å². The van der Waals surface area contributed by atoms with E-state index in [-0.39, 0.29) is 0 Å². The van der Waals surface area contributed by atoms with E-state index >= 15 is 0 Å². The fraction of sp³-hybridized carbons (Fsp3) is 1.00. The standard InChI is InChI=1S/C18H32/c1-12-8-13(2)18(14(3)9-12)17-10-15-6-4-5-7-16(15)11-17/h12-18H,4-11H2,1-3H3. The van der Waals surface area contributed by atoms with Gasteiger partial charge in [0.25, 0.3) is 0 Å². The Hall–Kier alpha value is 0. The fourth-order valence-corrected chi connectivity index (χ4v) is 6.26. The van der Waals surface area contributed by atoms with Gasteiger partial charge in [-0.15, -0.1) is 0 Å². The Morgan fingerprint density at radius 2 is 1.11 bits per heavy atom. The second kappa shape index (κ2) is 5.17. The summed E-state index contributed by atoms with van der Waals surface area (Å²) in [5.41, 5.74) is 0. The van der Waals surface area contributed by atoms with Gasteiger partial charge in [-0.1, -0.05) is 46.5 Å². The summed E-state index contributed by atoms with van der Waals surface area (Å²) in [5.74, 6) is 7.38. The van der Waals surface area contributed by atoms with E-state index in [1.54, 1.807) is 25.7 Å². The zero-order chi connectivity index (χ0) is 12.7. The average Bonchev–Trinajstić information content (AvgIpc) is 2.70. The summed E-state index contributed by atoms with van der Waals surface area (Å²) >= 11 is 0. The summed E-state index contributed by atoms with van der Waals surface area (Å²) < 4.78 is 0. The lowest BCUT2D eigenvalue weighted by Crippen LogP contribution is -2.33. The van der Waals surface area contributed by atoms with E-state index in [4.69, 9.17) is 0 Å². The highest BCUT2D eigenvalue weighted by atomic mass is 14.5. The molecule has 3 fully saturated rings. The highest BCUT2D eigenvalue weighted by Gasteiger charge is 2.43. The van der Waals surface area contributed by atoms with Crippen molar-refractivity contribution in [1.82, 2.24) is 0 Å². The van der Waals surface area contributed by atoms with E-state index in [9.17, 15) is 0 Å². The van der Waals surface area contributed by atoms with Crippen LogP contribution in [0.5, 0.6) is 0 Å². The summed E-state index contributed by atoms with van der Waals surface area (Å²) in [4.78, 5) is 0. The molecule has 0 heteroatoms. The minimum absolute atomic E-state index is 0.981. The van der Waals surface area contributed by atoms with Gasteiger partial charge in [-0.3, -0.25) is 0 Å². The quantitative estimate of drug-likeness (QED) is 0.573. The first-order chi connectivity index (χ1) is 8.65. The Balaban J connectivity index is 1.67. The molecule has 104 valence electrons. The van der Waals surface area contributed by atoms with Crippen molar-refractivity contribution < 1.29 is 0 Å². The molecule has 0 bridgehead atoms. The number of fused-ring (bicyclic) bond motifs is 1. The zero-order valence-electron chi connectivity index (χ0n) is 12.7. The summed E-state index contributed by atoms with van der Waals surface area (Å²) in [5, 5.41) is 0. The molecule has 3 saturated carbocycles. The lowest BCUT2D eigenvalue weighted by atomic mass is 9.64. The number of hydrogen-bond donors (Lipinski definition) is 0. The minimum Gasteiger partial charge on any atom is -0.0625 e. The van der Waals surface area contributed by atoms with Crippen LogP contribution in [0, 0.1) is 41.4 Å². The lowest BCUT2D eigenvalue weighted by Gasteiger charge is -2.41. The highest BCUT2D eigenvalue weighted by Crippen LogP contribution is 2.53. The van der Waals surface area contributed by atoms with Gasteiger partial charge >= 0.3 is 0 Å². The molecule has 0 aliphatic heterocycles. The number of rotatable bonds is 1. The highest BCUT2D eigenvalue weighted by molar-refractivity contribution is 4.93. The summed E-state index contributed by atoms with van der Waals surface area (Å²) in [6, 6.07) is 0. The first-order valence-electron chi connectivity index (χ1n) is 8.65. The van der Waals surface area contributed by atoms with Crippen LogP contribution < -0.4 is 0 Å². The molecular weight excluding hydrogens is 216 g/mol. The smallest absolute Gasteiger partial charge is 0.0334 e. The first-order valence-corrected chi connectivity index (χ1v) is 8.65. The summed E-state index contributed by atoms with van der Waals surface area (Å²) in [6.45, 7) is 7.58. The van der Waals surface area contributed by atoms with Crippen LogP contribution in [0.4, 0.5) is 0 Å². The topological polar surface area (TPSA) is 0 Å². The van der Waals surface area contributed by atoms with Gasteiger partial charge in [-0.2, -0.15) is 0 Å². The van der Waals surface area contributed by atoms with Crippen molar-refractivity contribution in [2.75, 3.05) is 0 Å². The predicted molar refractivity (Wildman–Crippen MR) is 78.4 cm³/mol. The van der Waals surface area contributed by atoms with E-state index in [1.807, 2.05) is 0 Å². The third-order valence-corrected chi connectivity index (χ3v) is 6.68. The molecule has 0 radical (unpaired) electrons. The molecule has 0 spiro atoms. The average molecular weight is 248 g/mol. The van der Waals surface area contributed by atoms with Crippen molar-refractivity contribution in [3.63, 3.8) is 0 Å². The van der Waals surface area contributed by atoms with Crippen molar-refractivity contribution in [3.05, 3.63) is 0 Å². The van der Waals surface area contributed by atoms with Gasteiger partial charge in [0.2, 0.25) is 0 Å². The van der Waals surface area contributed by atoms with Crippen LogP contribution in [-0.4, -0.2) is 0 Å². The van der Waals surface area contributed by atoms with Gasteiger partial charge in [0.05, 0.1) is 0 Å². The number of hydrogen-bond acceptors (Lipinski definition) is 0. The van der Waals surface area contributed by atoms with Crippen LogP contribution in [0.3, 0.4) is 0 Å². The molecule has 0 heterocycles. The summed E-state index contributed by atoms with van der Waals surface area (Å²) in [7, 11) is 0. The second-order valence-corrected chi connectivity index (χ2v) is 8.14. The predicted octanol–water partition coefficient (Wildman–Crippen LogP) is 5.52. The van der Waals surface area contributed by atoms with Crippen LogP contribution in [-0.2, 0) is 0 Å². The monoisotopic (exact) mass is 248 g/mol. The van der Waals surface area contributed by atoms with E-state index in [2.05, 4.69) is 20.8 Å². The van der Waals surface area contributed by atoms with Crippen molar-refractivity contribution in [3.8, 4) is 0 Å². The Morgan fingerprint density at radius 3 is 1.61 bits per heavy atom. The van der Waals surface area contributed by atoms with E-state index in [0.717, 1.165) is 41.4 Å². The second-order valence-electron chi connectivity index (χ2n) is 8.14. The van der Waals surface area contributed by atoms with Crippen molar-refractivity contribution in [2.24, 2.45) is 41.4 Å². The van der Waals surface area contributed by atoms with Gasteiger partial charge in [-0.05, 0) is 67.1 Å². The van der Waals surface area contributed by atoms with Gasteiger partial charge in [-0.25, -0.2) is 0 Å². The Kier molecular flexibility index (Phi) is 3.74. The molecule has 3 aliphatic rings. The van der Waals surface area contributed by atoms with Crippen LogP contribution in [0.25, 0.3) is 0 Å². The lowest BCUT2D eigenvalue weighted by molar-refractivity contribution is 0.0808. The molecule has 4 atom stereocenters. The van der Waals surface area contributed by atoms with Crippen molar-refractivity contribution in [2.45, 2.75) is 72.1 Å². The van der Waals surface area contributed by atoms with Crippen LogP contribution in [0.2, 0.25) is 0 Å². The van der Waals surface area contributed by atoms with Crippen molar-refractivity contribution >= 4 is 0 Å². The van der Waals surface area contributed by atoms with E-state index in [0.29, 0.717) is 0 Å². The minimum atomic E-state index is 0.981. The molecule has 0 aromatic heterocycles. The van der Waals surface area contributed by atoms with Crippen LogP contribution in [0.1, 0.15) is 72.1 Å². The Labute approximate surface area is 114 Å². The molecule has 0 amide bonds. The summed E-state index contributed by atoms with van der Waals surface area (Å²) in [6.07, 6.45) is 12.4. The molecule has 0 saturated heterocycles. The Morgan fingerprint density at radius 1 is 0.611 bits per heavy atom. The molecule has 0 N–H and O–H groups in total. The third kappa shape index (κ3) is 2.37. The van der Waals surface area contributed by atoms with E-state index in [1.165, 1.54) is 25.7 Å². The Bertz CT molecular complexity index is 256. The van der Waals surface area contributed by atoms with Gasteiger partial charge in [0.1, 0.15) is 0 Å². The molecule has 0 aromatic rings. The molecule has 3 rings (SSSR count). The molecule has 3 aliphatic carbocycles. The maximum absolute atomic E-state index is 2.55. The molecule has 18 heavy (non-hydrogen) atoms. The molecule has 4 unspecified atom stereocenters. The van der Waals surface area contributed by atoms with E-state index < -0.39 is 0 Å². The fourth-order valence-electron chi connectivity index (χ4n) is 6.26. The van der Waals surface area contributed by atoms with Crippen molar-refractivity contribution in [1.29, 1.82) is 0 Å². The van der Waals surface area contributed by atoms with Gasteiger partial charge in [0, 0.05) is 0 Å². The zero-order valence-corrected chi connectivity index (χ0v) is 12.7. The first kappa shape index (κ1) is 13.0. The maximum atomic E-state index is 2.55. The van der Waals surface area contributed by atoms with Crippen LogP contribution in [0.15, 0.2) is 0 Å². The van der Waals surface area contributed by atoms with Gasteiger partial charge in [0.15, 0.2) is 0 Å². The molecular formula is C18H32. The largest absolute Gasteiger partial charge is 0.0625 e. The molecule has 0 nitrogen and oxygen atoms in total. The van der Waals surface area contributed by atoms with Gasteiger partial charge < -0.3 is 0 Å². The maximum Gasteiger partial charge on any atom is -0.0334 e. The normalized spacial score (nSPS) is 53.2. The third-order valence-electron chi connectivity index (χ3n) is 6.68.